The minimum Gasteiger partial charge on any atom is -0.494 e. The molecule has 20 heteroatoms. The number of benzene rings is 2. The van der Waals surface area contributed by atoms with Crippen LogP contribution in [0.2, 0.25) is 0 Å². The van der Waals surface area contributed by atoms with E-state index in [4.69, 9.17) is 36.1 Å². The smallest absolute Gasteiger partial charge is 0.419 e. The Morgan fingerprint density at radius 1 is 0.971 bits per heavy atom. The van der Waals surface area contributed by atoms with Crippen LogP contribution < -0.4 is 25.2 Å². The van der Waals surface area contributed by atoms with Gasteiger partial charge in [0.2, 0.25) is 17.7 Å². The highest BCUT2D eigenvalue weighted by Gasteiger charge is 2.51. The van der Waals surface area contributed by atoms with E-state index in [1.54, 1.807) is 54.1 Å². The number of carbonyl (C=O) groups is 4. The molecule has 68 heavy (non-hydrogen) atoms. The number of ether oxygens (including phenoxy) is 3. The molecule has 6 rings (SSSR count). The van der Waals surface area contributed by atoms with Crippen molar-refractivity contribution in [3.63, 3.8) is 0 Å². The fourth-order valence-electron chi connectivity index (χ4n) is 7.83. The average Bonchev–Trinajstić information content (AvgIpc) is 4.06. The molecule has 4 heterocycles. The summed E-state index contributed by atoms with van der Waals surface area (Å²) < 4.78 is 63.5. The zero-order chi connectivity index (χ0) is 49.2. The van der Waals surface area contributed by atoms with Crippen LogP contribution in [-0.2, 0) is 41.4 Å². The van der Waals surface area contributed by atoms with Crippen molar-refractivity contribution in [3.05, 3.63) is 90.2 Å². The number of thiocarbonyl (C=S) groups is 1. The molecule has 2 atom stereocenters. The molecule has 2 aromatic carbocycles. The summed E-state index contributed by atoms with van der Waals surface area (Å²) in [5.74, 6) is -0.345. The number of likely N-dealkylation sites (tertiary alicyclic amines) is 1. The van der Waals surface area contributed by atoms with Crippen LogP contribution in [0, 0.1) is 16.7 Å². The summed E-state index contributed by atoms with van der Waals surface area (Å²) in [7, 11) is 0. The number of carbonyl (C=O) groups excluding carboxylic acids is 4. The summed E-state index contributed by atoms with van der Waals surface area (Å²) in [6.45, 7) is 10.8. The summed E-state index contributed by atoms with van der Waals surface area (Å²) >= 11 is 5.59. The second kappa shape index (κ2) is 22.1. The van der Waals surface area contributed by atoms with E-state index in [9.17, 15) is 32.3 Å². The summed E-state index contributed by atoms with van der Waals surface area (Å²) in [5.41, 5.74) is -1.86. The number of hydrogen-bond donors (Lipinski definition) is 2. The van der Waals surface area contributed by atoms with Crippen molar-refractivity contribution in [1.82, 2.24) is 25.5 Å². The van der Waals surface area contributed by atoms with Gasteiger partial charge in [0.25, 0.3) is 5.91 Å². The van der Waals surface area contributed by atoms with Gasteiger partial charge in [-0.25, -0.2) is 9.97 Å². The van der Waals surface area contributed by atoms with Crippen molar-refractivity contribution in [2.24, 2.45) is 5.41 Å². The Kier molecular flexibility index (Phi) is 16.6. The lowest BCUT2D eigenvalue weighted by Gasteiger charge is -2.35. The van der Waals surface area contributed by atoms with Gasteiger partial charge in [-0.05, 0) is 99.5 Å². The van der Waals surface area contributed by atoms with Gasteiger partial charge in [-0.3, -0.25) is 24.1 Å². The van der Waals surface area contributed by atoms with Crippen molar-refractivity contribution in [3.8, 4) is 23.1 Å². The highest BCUT2D eigenvalue weighted by Crippen LogP contribution is 2.39. The SMILES string of the molecule is CC(C)(C)C(NC(=O)COCCCOCCCCOc1ccc(N2C(=S)N(c3cnc(C#N)c(C(F)(F)F)c3)C(=O)C2(C)C)cc1)C(=O)N1CCC[C@H]1C(=O)NCc1ccc(-c2cnco2)cc1. The van der Waals surface area contributed by atoms with Crippen LogP contribution in [0.4, 0.5) is 24.5 Å². The van der Waals surface area contributed by atoms with E-state index in [1.807, 2.05) is 45.0 Å². The zero-order valence-corrected chi connectivity index (χ0v) is 39.4. The molecule has 2 aromatic heterocycles. The number of anilines is 2. The third-order valence-electron chi connectivity index (χ3n) is 11.5. The number of amides is 4. The van der Waals surface area contributed by atoms with Crippen LogP contribution in [0.1, 0.15) is 83.5 Å². The molecule has 0 bridgehead atoms. The van der Waals surface area contributed by atoms with Crippen LogP contribution in [0.3, 0.4) is 0 Å². The molecule has 4 amide bonds. The summed E-state index contributed by atoms with van der Waals surface area (Å²) in [6.07, 6.45) is 2.31. The lowest BCUT2D eigenvalue weighted by molar-refractivity contribution is -0.144. The maximum atomic E-state index is 13.9. The quantitative estimate of drug-likeness (QED) is 0.0683. The number of aromatic nitrogens is 2. The number of halogens is 3. The number of pyridine rings is 1. The maximum absolute atomic E-state index is 13.9. The number of unbranched alkanes of at least 4 members (excludes halogenated alkanes) is 1. The van der Waals surface area contributed by atoms with Gasteiger partial charge in [-0.1, -0.05) is 45.0 Å². The molecule has 2 aliphatic rings. The topological polar surface area (TPSA) is 192 Å². The van der Waals surface area contributed by atoms with Crippen molar-refractivity contribution >= 4 is 52.3 Å². The number of alkyl halides is 3. The van der Waals surface area contributed by atoms with E-state index in [0.29, 0.717) is 81.9 Å². The van der Waals surface area contributed by atoms with Gasteiger partial charge in [-0.15, -0.1) is 0 Å². The Bertz CT molecular complexity index is 2460. The molecular formula is C48H55F3N8O8S. The second-order valence-electron chi connectivity index (χ2n) is 17.9. The largest absolute Gasteiger partial charge is 0.494 e. The van der Waals surface area contributed by atoms with E-state index in [0.717, 1.165) is 28.6 Å². The molecule has 1 unspecified atom stereocenters. The maximum Gasteiger partial charge on any atom is 0.419 e. The van der Waals surface area contributed by atoms with Gasteiger partial charge >= 0.3 is 6.18 Å². The first-order valence-corrected chi connectivity index (χ1v) is 22.6. The first-order valence-electron chi connectivity index (χ1n) is 22.2. The second-order valence-corrected chi connectivity index (χ2v) is 18.3. The van der Waals surface area contributed by atoms with Crippen LogP contribution >= 0.6 is 12.2 Å². The molecule has 2 fully saturated rings. The van der Waals surface area contributed by atoms with Gasteiger partial charge in [0.15, 0.2) is 23.0 Å². The first-order chi connectivity index (χ1) is 32.3. The van der Waals surface area contributed by atoms with E-state index < -0.39 is 52.3 Å². The molecular weight excluding hydrogens is 906 g/mol. The van der Waals surface area contributed by atoms with Gasteiger partial charge < -0.3 is 39.1 Å². The molecule has 362 valence electrons. The summed E-state index contributed by atoms with van der Waals surface area (Å²) in [5, 5.41) is 14.9. The van der Waals surface area contributed by atoms with E-state index in [2.05, 4.69) is 20.6 Å². The number of rotatable bonds is 20. The van der Waals surface area contributed by atoms with Crippen LogP contribution in [0.15, 0.2) is 77.8 Å². The highest BCUT2D eigenvalue weighted by atomic mass is 32.1. The molecule has 4 aromatic rings. The Morgan fingerprint density at radius 3 is 2.32 bits per heavy atom. The normalized spacial score (nSPS) is 16.5. The van der Waals surface area contributed by atoms with Crippen molar-refractivity contribution in [2.75, 3.05) is 49.4 Å². The molecule has 2 saturated heterocycles. The third kappa shape index (κ3) is 12.4. The van der Waals surface area contributed by atoms with Gasteiger partial charge in [-0.2, -0.15) is 18.4 Å². The fraction of sp³-hybridized carbons (Fsp3) is 0.458. The number of hydrogen-bond acceptors (Lipinski definition) is 12. The first kappa shape index (κ1) is 51.0. The van der Waals surface area contributed by atoms with Crippen molar-refractivity contribution < 1.29 is 51.0 Å². The molecule has 0 aliphatic carbocycles. The minimum absolute atomic E-state index is 0.0418. The van der Waals surface area contributed by atoms with Crippen molar-refractivity contribution in [1.29, 1.82) is 5.26 Å². The Labute approximate surface area is 398 Å². The van der Waals surface area contributed by atoms with E-state index in [-0.39, 0.29) is 35.8 Å². The molecule has 0 spiro atoms. The Hall–Kier alpha value is -6.43. The highest BCUT2D eigenvalue weighted by molar-refractivity contribution is 7.81. The number of nitrogens with zero attached hydrogens (tertiary/aromatic N) is 6. The molecule has 2 aliphatic heterocycles. The molecule has 16 nitrogen and oxygen atoms in total. The van der Waals surface area contributed by atoms with Crippen LogP contribution in [-0.4, -0.2) is 101 Å². The van der Waals surface area contributed by atoms with Crippen LogP contribution in [0.25, 0.3) is 11.3 Å². The number of oxazole rings is 1. The monoisotopic (exact) mass is 960 g/mol. The predicted molar refractivity (Wildman–Crippen MR) is 248 cm³/mol. The summed E-state index contributed by atoms with van der Waals surface area (Å²) in [4.78, 5) is 65.3. The van der Waals surface area contributed by atoms with Gasteiger partial charge in [0, 0.05) is 44.2 Å². The zero-order valence-electron chi connectivity index (χ0n) is 38.6. The number of nitriles is 1. The van der Waals surface area contributed by atoms with E-state index in [1.165, 1.54) is 12.5 Å². The lowest BCUT2D eigenvalue weighted by atomic mass is 9.85. The number of nitrogens with one attached hydrogen (secondary N) is 2. The lowest BCUT2D eigenvalue weighted by Crippen LogP contribution is -2.58. The Balaban J connectivity index is 0.855. The van der Waals surface area contributed by atoms with Crippen LogP contribution in [0.5, 0.6) is 5.75 Å². The minimum atomic E-state index is -4.86. The van der Waals surface area contributed by atoms with E-state index >= 15 is 0 Å². The molecule has 0 saturated carbocycles. The fourth-order valence-corrected chi connectivity index (χ4v) is 8.35. The van der Waals surface area contributed by atoms with Gasteiger partial charge in [0.1, 0.15) is 36.0 Å². The van der Waals surface area contributed by atoms with Gasteiger partial charge in [0.05, 0.1) is 30.3 Å². The van der Waals surface area contributed by atoms with Crippen molar-refractivity contribution in [2.45, 2.75) is 97.1 Å². The predicted octanol–water partition coefficient (Wildman–Crippen LogP) is 6.96. The Morgan fingerprint density at radius 2 is 1.66 bits per heavy atom. The molecule has 2 N–H and O–H groups in total. The average molecular weight is 961 g/mol. The third-order valence-corrected chi connectivity index (χ3v) is 11.8. The summed E-state index contributed by atoms with van der Waals surface area (Å²) in [6, 6.07) is 15.0. The standard InChI is InChI=1S/C48H55F3N8O8S/c1-46(2,3)41(43(62)57-19-8-10-38(57)42(61)55-26-31-11-13-32(14-12-31)39-28-53-30-67-39)56-40(60)29-65-22-9-21-64-20-6-7-23-66-35-17-15-33(16-18-35)59-45(68)58(44(63)47(59,4)5)34-24-36(48(49,50)51)37(25-52)54-27-34/h11-18,24,27-28,30,38,41H,6-10,19-23,26,29H2,1-5H3,(H,55,61)(H,56,60)/t38-,41?/m0/s1. The molecule has 0 radical (unpaired) electrons.